The van der Waals surface area contributed by atoms with Crippen LogP contribution in [0, 0.1) is 0 Å². The van der Waals surface area contributed by atoms with Crippen LogP contribution < -0.4 is 10.1 Å². The van der Waals surface area contributed by atoms with E-state index in [9.17, 15) is 9.59 Å². The number of nitrogens with zero attached hydrogens (tertiary/aromatic N) is 2. The predicted octanol–water partition coefficient (Wildman–Crippen LogP) is 3.82. The molecule has 7 nitrogen and oxygen atoms in total. The Hall–Kier alpha value is -3.26. The van der Waals surface area contributed by atoms with Crippen LogP contribution in [0.25, 0.3) is 11.3 Å². The summed E-state index contributed by atoms with van der Waals surface area (Å²) in [5.41, 5.74) is 1.61. The summed E-state index contributed by atoms with van der Waals surface area (Å²) in [6, 6.07) is 16.3. The van der Waals surface area contributed by atoms with Crippen LogP contribution in [0.2, 0.25) is 0 Å². The second-order valence-corrected chi connectivity index (χ2v) is 8.08. The van der Waals surface area contributed by atoms with Gasteiger partial charge in [-0.25, -0.2) is 4.98 Å². The minimum absolute atomic E-state index is 0.0839. The van der Waals surface area contributed by atoms with Gasteiger partial charge in [0, 0.05) is 29.8 Å². The largest absolute Gasteiger partial charge is 0.497 e. The van der Waals surface area contributed by atoms with Crippen molar-refractivity contribution in [3.8, 4) is 17.1 Å². The molecule has 1 atom stereocenters. The minimum Gasteiger partial charge on any atom is -0.497 e. The van der Waals surface area contributed by atoms with Crippen LogP contribution >= 0.6 is 11.8 Å². The van der Waals surface area contributed by atoms with E-state index in [1.165, 1.54) is 0 Å². The van der Waals surface area contributed by atoms with E-state index in [1.54, 1.807) is 54.2 Å². The van der Waals surface area contributed by atoms with Crippen molar-refractivity contribution >= 4 is 29.3 Å². The molecule has 2 aromatic carbocycles. The van der Waals surface area contributed by atoms with Crippen molar-refractivity contribution in [3.05, 3.63) is 66.7 Å². The number of ether oxygens (including phenoxy) is 1. The maximum Gasteiger partial charge on any atom is 0.248 e. The summed E-state index contributed by atoms with van der Waals surface area (Å²) in [5, 5.41) is 2.88. The van der Waals surface area contributed by atoms with Gasteiger partial charge < -0.3 is 19.4 Å². The number of anilines is 1. The Bertz CT molecular complexity index is 1040. The van der Waals surface area contributed by atoms with Crippen molar-refractivity contribution in [2.24, 2.45) is 0 Å². The first-order valence-electron chi connectivity index (χ1n) is 9.96. The number of hydrogen-bond donors (Lipinski definition) is 1. The highest BCUT2D eigenvalue weighted by Crippen LogP contribution is 2.25. The summed E-state index contributed by atoms with van der Waals surface area (Å²) >= 11 is 1.57. The Balaban J connectivity index is 1.33. The van der Waals surface area contributed by atoms with E-state index >= 15 is 0 Å². The van der Waals surface area contributed by atoms with Gasteiger partial charge in [-0.15, -0.1) is 11.8 Å². The number of carbonyl (C=O) groups is 2. The fraction of sp³-hybridized carbons (Fsp3) is 0.261. The number of benzene rings is 2. The van der Waals surface area contributed by atoms with Crippen LogP contribution in [-0.2, 0) is 16.0 Å². The standard InChI is InChI=1S/C23H23N3O4S/c1-29-18-9-7-17(8-10-18)25-23(28)19-14-31-15-26(19)22(27)12-11-21-24-13-20(30-21)16-5-3-2-4-6-16/h2-10,13,19H,11-12,14-15H2,1H3,(H,25,28). The van der Waals surface area contributed by atoms with Crippen molar-refractivity contribution < 1.29 is 18.7 Å². The quantitative estimate of drug-likeness (QED) is 0.605. The molecule has 2 heterocycles. The molecule has 1 fully saturated rings. The van der Waals surface area contributed by atoms with Gasteiger partial charge in [-0.2, -0.15) is 0 Å². The molecular weight excluding hydrogens is 414 g/mol. The second-order valence-electron chi connectivity index (χ2n) is 7.08. The topological polar surface area (TPSA) is 84.7 Å². The summed E-state index contributed by atoms with van der Waals surface area (Å²) in [7, 11) is 1.59. The predicted molar refractivity (Wildman–Crippen MR) is 120 cm³/mol. The van der Waals surface area contributed by atoms with Crippen molar-refractivity contribution in [1.82, 2.24) is 9.88 Å². The number of amides is 2. The summed E-state index contributed by atoms with van der Waals surface area (Å²) in [4.78, 5) is 31.4. The van der Waals surface area contributed by atoms with Crippen molar-refractivity contribution in [1.29, 1.82) is 0 Å². The Morgan fingerprint density at radius 1 is 1.19 bits per heavy atom. The summed E-state index contributed by atoms with van der Waals surface area (Å²) in [6.07, 6.45) is 2.30. The maximum atomic E-state index is 12.8. The van der Waals surface area contributed by atoms with Gasteiger partial charge in [0.2, 0.25) is 11.8 Å². The molecule has 0 saturated carbocycles. The molecule has 1 saturated heterocycles. The van der Waals surface area contributed by atoms with Crippen LogP contribution in [0.4, 0.5) is 5.69 Å². The maximum absolute atomic E-state index is 12.8. The zero-order chi connectivity index (χ0) is 21.6. The number of thioether (sulfide) groups is 1. The Morgan fingerprint density at radius 3 is 2.71 bits per heavy atom. The lowest BCUT2D eigenvalue weighted by Gasteiger charge is -2.23. The molecule has 4 rings (SSSR count). The van der Waals surface area contributed by atoms with Gasteiger partial charge in [0.05, 0.1) is 19.2 Å². The van der Waals surface area contributed by atoms with E-state index < -0.39 is 6.04 Å². The fourth-order valence-electron chi connectivity index (χ4n) is 3.32. The van der Waals surface area contributed by atoms with Gasteiger partial charge in [0.15, 0.2) is 11.7 Å². The van der Waals surface area contributed by atoms with Crippen LogP contribution in [0.1, 0.15) is 12.3 Å². The molecule has 8 heteroatoms. The average Bonchev–Trinajstić information content (AvgIpc) is 3.49. The van der Waals surface area contributed by atoms with Gasteiger partial charge >= 0.3 is 0 Å². The lowest BCUT2D eigenvalue weighted by molar-refractivity contribution is -0.136. The molecule has 31 heavy (non-hydrogen) atoms. The van der Waals surface area contributed by atoms with Crippen LogP contribution in [0.3, 0.4) is 0 Å². The van der Waals surface area contributed by atoms with E-state index in [0.717, 1.165) is 5.56 Å². The third kappa shape index (κ3) is 5.08. The molecule has 1 aliphatic rings. The highest BCUT2D eigenvalue weighted by atomic mass is 32.2. The van der Waals surface area contributed by atoms with E-state index in [0.29, 0.717) is 41.1 Å². The van der Waals surface area contributed by atoms with Gasteiger partial charge in [-0.1, -0.05) is 30.3 Å². The Kier molecular flexibility index (Phi) is 6.57. The monoisotopic (exact) mass is 437 g/mol. The minimum atomic E-state index is -0.496. The van der Waals surface area contributed by atoms with Gasteiger partial charge in [-0.05, 0) is 24.3 Å². The number of oxazole rings is 1. The molecule has 1 N–H and O–H groups in total. The third-order valence-electron chi connectivity index (χ3n) is 5.03. The summed E-state index contributed by atoms with van der Waals surface area (Å²) < 4.78 is 10.9. The molecule has 0 aliphatic carbocycles. The molecule has 0 bridgehead atoms. The SMILES string of the molecule is COc1ccc(NC(=O)C2CSCN2C(=O)CCc2ncc(-c3ccccc3)o2)cc1. The molecule has 0 radical (unpaired) electrons. The van der Waals surface area contributed by atoms with Gasteiger partial charge in [0.1, 0.15) is 11.8 Å². The Labute approximate surface area is 184 Å². The van der Waals surface area contributed by atoms with E-state index in [4.69, 9.17) is 9.15 Å². The van der Waals surface area contributed by atoms with E-state index in [2.05, 4.69) is 10.3 Å². The number of aromatic nitrogens is 1. The van der Waals surface area contributed by atoms with Crippen LogP contribution in [-0.4, -0.2) is 46.5 Å². The van der Waals surface area contributed by atoms with Gasteiger partial charge in [0.25, 0.3) is 0 Å². The van der Waals surface area contributed by atoms with E-state index in [-0.39, 0.29) is 18.2 Å². The second kappa shape index (κ2) is 9.70. The highest BCUT2D eigenvalue weighted by molar-refractivity contribution is 7.99. The zero-order valence-electron chi connectivity index (χ0n) is 17.1. The average molecular weight is 438 g/mol. The van der Waals surface area contributed by atoms with Crippen molar-refractivity contribution in [2.45, 2.75) is 18.9 Å². The number of nitrogens with one attached hydrogen (secondary N) is 1. The van der Waals surface area contributed by atoms with Crippen molar-refractivity contribution in [3.63, 3.8) is 0 Å². The molecule has 160 valence electrons. The summed E-state index contributed by atoms with van der Waals surface area (Å²) in [6.45, 7) is 0. The number of hydrogen-bond acceptors (Lipinski definition) is 6. The first-order valence-corrected chi connectivity index (χ1v) is 11.1. The molecule has 1 aromatic heterocycles. The normalized spacial score (nSPS) is 15.6. The molecule has 3 aromatic rings. The molecule has 2 amide bonds. The first-order chi connectivity index (χ1) is 15.1. The lowest BCUT2D eigenvalue weighted by Crippen LogP contribution is -2.44. The van der Waals surface area contributed by atoms with Gasteiger partial charge in [-0.3, -0.25) is 9.59 Å². The molecule has 0 spiro atoms. The van der Waals surface area contributed by atoms with Crippen molar-refractivity contribution in [2.75, 3.05) is 24.1 Å². The van der Waals surface area contributed by atoms with Crippen LogP contribution in [0.15, 0.2) is 65.2 Å². The number of aryl methyl sites for hydroxylation is 1. The molecular formula is C23H23N3O4S. The van der Waals surface area contributed by atoms with Crippen LogP contribution in [0.5, 0.6) is 5.75 Å². The molecule has 1 unspecified atom stereocenters. The number of rotatable bonds is 7. The Morgan fingerprint density at radius 2 is 1.97 bits per heavy atom. The number of carbonyl (C=O) groups excluding carboxylic acids is 2. The smallest absolute Gasteiger partial charge is 0.248 e. The lowest BCUT2D eigenvalue weighted by atomic mass is 10.2. The summed E-state index contributed by atoms with van der Waals surface area (Å²) in [5.74, 6) is 2.71. The zero-order valence-corrected chi connectivity index (χ0v) is 17.9. The highest BCUT2D eigenvalue weighted by Gasteiger charge is 2.34. The fourth-order valence-corrected chi connectivity index (χ4v) is 4.51. The first kappa shape index (κ1) is 21.0. The molecule has 1 aliphatic heterocycles. The third-order valence-corrected chi connectivity index (χ3v) is 6.04. The van der Waals surface area contributed by atoms with E-state index in [1.807, 2.05) is 30.3 Å². The number of methoxy groups -OCH3 is 1.